The van der Waals surface area contributed by atoms with Crippen LogP contribution in [-0.2, 0) is 0 Å². The molecular formula is C19H20NP. The molecule has 0 fully saturated rings. The highest BCUT2D eigenvalue weighted by molar-refractivity contribution is 7.76. The summed E-state index contributed by atoms with van der Waals surface area (Å²) in [7, 11) is -0.650. The van der Waals surface area contributed by atoms with Gasteiger partial charge < -0.3 is 0 Å². The second-order valence-corrected chi connectivity index (χ2v) is 6.99. The smallest absolute Gasteiger partial charge is 0.0719 e. The van der Waals surface area contributed by atoms with Crippen LogP contribution in [0.3, 0.4) is 0 Å². The van der Waals surface area contributed by atoms with Crippen LogP contribution in [0.4, 0.5) is 0 Å². The molecule has 2 rings (SSSR count). The lowest BCUT2D eigenvalue weighted by Crippen LogP contribution is -2.12. The molecule has 0 aliphatic carbocycles. The Labute approximate surface area is 128 Å². The normalized spacial score (nSPS) is 11.3. The quantitative estimate of drug-likeness (QED) is 0.433. The first kappa shape index (κ1) is 15.4. The third-order valence-corrected chi connectivity index (χ3v) is 5.20. The van der Waals surface area contributed by atoms with Crippen molar-refractivity contribution in [3.63, 3.8) is 0 Å². The van der Waals surface area contributed by atoms with Crippen LogP contribution in [0, 0.1) is 0 Å². The molecular weight excluding hydrogens is 273 g/mol. The molecule has 0 unspecified atom stereocenters. The van der Waals surface area contributed by atoms with E-state index in [1.807, 2.05) is 38.1 Å². The second-order valence-electron chi connectivity index (χ2n) is 4.83. The fraction of sp³-hybridized carbons (Fsp3) is 0.105. The SMILES string of the molecule is C=C/C=C(\N=C(C)C)P(c1ccccc1)c1ccccc1. The van der Waals surface area contributed by atoms with E-state index in [0.29, 0.717) is 0 Å². The van der Waals surface area contributed by atoms with Crippen LogP contribution in [-0.4, -0.2) is 5.71 Å². The van der Waals surface area contributed by atoms with E-state index >= 15 is 0 Å². The minimum atomic E-state index is -0.650. The molecule has 0 radical (unpaired) electrons. The summed E-state index contributed by atoms with van der Waals surface area (Å²) in [6, 6.07) is 21.1. The minimum Gasteiger partial charge on any atom is -0.257 e. The monoisotopic (exact) mass is 293 g/mol. The van der Waals surface area contributed by atoms with Gasteiger partial charge in [0, 0.05) is 13.6 Å². The Morgan fingerprint density at radius 2 is 1.38 bits per heavy atom. The molecule has 0 bridgehead atoms. The molecule has 1 nitrogen and oxygen atoms in total. The van der Waals surface area contributed by atoms with Gasteiger partial charge in [0.2, 0.25) is 0 Å². The zero-order valence-electron chi connectivity index (χ0n) is 12.5. The van der Waals surface area contributed by atoms with Crippen molar-refractivity contribution in [1.29, 1.82) is 0 Å². The molecule has 0 amide bonds. The summed E-state index contributed by atoms with van der Waals surface area (Å²) < 4.78 is 0. The molecule has 0 aromatic heterocycles. The first-order chi connectivity index (χ1) is 10.2. The van der Waals surface area contributed by atoms with Gasteiger partial charge in [-0.1, -0.05) is 73.3 Å². The number of hydrogen-bond donors (Lipinski definition) is 0. The van der Waals surface area contributed by atoms with Gasteiger partial charge in [-0.3, -0.25) is 4.99 Å². The first-order valence-corrected chi connectivity index (χ1v) is 8.31. The largest absolute Gasteiger partial charge is 0.257 e. The van der Waals surface area contributed by atoms with Crippen molar-refractivity contribution in [3.05, 3.63) is 84.8 Å². The maximum absolute atomic E-state index is 4.76. The third kappa shape index (κ3) is 4.24. The molecule has 0 aliphatic heterocycles. The summed E-state index contributed by atoms with van der Waals surface area (Å²) in [6.45, 7) is 7.90. The van der Waals surface area contributed by atoms with E-state index in [0.717, 1.165) is 11.1 Å². The van der Waals surface area contributed by atoms with Gasteiger partial charge in [0.15, 0.2) is 0 Å². The third-order valence-electron chi connectivity index (χ3n) is 2.86. The van der Waals surface area contributed by atoms with Gasteiger partial charge in [-0.2, -0.15) is 0 Å². The molecule has 0 saturated heterocycles. The van der Waals surface area contributed by atoms with Crippen molar-refractivity contribution >= 4 is 24.2 Å². The highest BCUT2D eigenvalue weighted by Crippen LogP contribution is 2.43. The molecule has 2 aromatic rings. The zero-order valence-corrected chi connectivity index (χ0v) is 13.4. The average molecular weight is 293 g/mol. The Morgan fingerprint density at radius 1 is 0.905 bits per heavy atom. The molecule has 21 heavy (non-hydrogen) atoms. The fourth-order valence-electron chi connectivity index (χ4n) is 2.06. The van der Waals surface area contributed by atoms with Crippen molar-refractivity contribution in [3.8, 4) is 0 Å². The Balaban J connectivity index is 2.58. The summed E-state index contributed by atoms with van der Waals surface area (Å²) in [5.74, 6) is 0. The van der Waals surface area contributed by atoms with Crippen LogP contribution in [0.1, 0.15) is 13.8 Å². The fourth-order valence-corrected chi connectivity index (χ4v) is 4.39. The van der Waals surface area contributed by atoms with Crippen LogP contribution in [0.2, 0.25) is 0 Å². The molecule has 0 saturated carbocycles. The van der Waals surface area contributed by atoms with Crippen LogP contribution in [0.15, 0.2) is 89.8 Å². The number of rotatable bonds is 5. The van der Waals surface area contributed by atoms with Crippen molar-refractivity contribution in [2.45, 2.75) is 13.8 Å². The lowest BCUT2D eigenvalue weighted by molar-refractivity contribution is 1.45. The number of allylic oxidation sites excluding steroid dienone is 2. The standard InChI is InChI=1S/C19H20NP/c1-4-11-19(20-16(2)3)21(17-12-7-5-8-13-17)18-14-9-6-10-15-18/h4-15H,1H2,2-3H3/b19-11+. The van der Waals surface area contributed by atoms with Gasteiger partial charge in [-0.25, -0.2) is 0 Å². The molecule has 2 aromatic carbocycles. The van der Waals surface area contributed by atoms with E-state index in [1.165, 1.54) is 10.6 Å². The van der Waals surface area contributed by atoms with E-state index in [2.05, 4.69) is 55.1 Å². The van der Waals surface area contributed by atoms with E-state index in [9.17, 15) is 0 Å². The Morgan fingerprint density at radius 3 is 1.76 bits per heavy atom. The lowest BCUT2D eigenvalue weighted by Gasteiger charge is -2.19. The average Bonchev–Trinajstić information content (AvgIpc) is 2.49. The van der Waals surface area contributed by atoms with Gasteiger partial charge in [-0.05, 0) is 30.5 Å². The number of nitrogens with zero attached hydrogens (tertiary/aromatic N) is 1. The van der Waals surface area contributed by atoms with Gasteiger partial charge in [0.25, 0.3) is 0 Å². The molecule has 0 spiro atoms. The van der Waals surface area contributed by atoms with Crippen molar-refractivity contribution in [2.75, 3.05) is 0 Å². The van der Waals surface area contributed by atoms with Gasteiger partial charge in [0.05, 0.1) is 5.44 Å². The summed E-state index contributed by atoms with van der Waals surface area (Å²) in [5, 5.41) is 2.61. The highest BCUT2D eigenvalue weighted by atomic mass is 31.1. The predicted octanol–water partition coefficient (Wildman–Crippen LogP) is 4.63. The number of hydrogen-bond acceptors (Lipinski definition) is 1. The molecule has 2 heteroatoms. The second kappa shape index (κ2) is 7.71. The summed E-state index contributed by atoms with van der Waals surface area (Å²) in [4.78, 5) is 4.76. The van der Waals surface area contributed by atoms with Gasteiger partial charge in [-0.15, -0.1) is 0 Å². The summed E-state index contributed by atoms with van der Waals surface area (Å²) in [5.41, 5.74) is 2.14. The molecule has 0 heterocycles. The van der Waals surface area contributed by atoms with Crippen LogP contribution in [0.25, 0.3) is 0 Å². The van der Waals surface area contributed by atoms with Crippen LogP contribution >= 0.6 is 7.92 Å². The lowest BCUT2D eigenvalue weighted by atomic mass is 10.4. The molecule has 0 aliphatic rings. The Bertz CT molecular complexity index is 598. The molecule has 0 atom stereocenters. The summed E-state index contributed by atoms with van der Waals surface area (Å²) >= 11 is 0. The maximum Gasteiger partial charge on any atom is 0.0719 e. The van der Waals surface area contributed by atoms with E-state index in [1.54, 1.807) is 0 Å². The van der Waals surface area contributed by atoms with Crippen molar-refractivity contribution in [1.82, 2.24) is 0 Å². The number of benzene rings is 2. The summed E-state index contributed by atoms with van der Waals surface area (Å²) in [6.07, 6.45) is 3.85. The van der Waals surface area contributed by atoms with E-state index < -0.39 is 7.92 Å². The maximum atomic E-state index is 4.76. The zero-order chi connectivity index (χ0) is 15.1. The van der Waals surface area contributed by atoms with Crippen molar-refractivity contribution in [2.24, 2.45) is 4.99 Å². The Hall–Kier alpha value is -1.98. The number of aliphatic imine (C=N–C) groups is 1. The van der Waals surface area contributed by atoms with E-state index in [-0.39, 0.29) is 0 Å². The highest BCUT2D eigenvalue weighted by Gasteiger charge is 2.17. The van der Waals surface area contributed by atoms with Crippen LogP contribution in [0.5, 0.6) is 0 Å². The molecule has 0 N–H and O–H groups in total. The van der Waals surface area contributed by atoms with Gasteiger partial charge in [0.1, 0.15) is 0 Å². The Kier molecular flexibility index (Phi) is 5.66. The topological polar surface area (TPSA) is 12.4 Å². The minimum absolute atomic E-state index is 0.650. The van der Waals surface area contributed by atoms with Crippen molar-refractivity contribution < 1.29 is 0 Å². The van der Waals surface area contributed by atoms with Gasteiger partial charge >= 0.3 is 0 Å². The first-order valence-electron chi connectivity index (χ1n) is 6.97. The van der Waals surface area contributed by atoms with E-state index in [4.69, 9.17) is 4.99 Å². The predicted molar refractivity (Wildman–Crippen MR) is 96.1 cm³/mol. The van der Waals surface area contributed by atoms with Crippen LogP contribution < -0.4 is 10.6 Å². The molecule has 106 valence electrons.